The predicted octanol–water partition coefficient (Wildman–Crippen LogP) is 4.82. The molecule has 0 spiro atoms. The van der Waals surface area contributed by atoms with Crippen LogP contribution in [0, 0.1) is 0 Å². The van der Waals surface area contributed by atoms with E-state index < -0.39 is 0 Å². The van der Waals surface area contributed by atoms with Crippen molar-refractivity contribution in [3.05, 3.63) is 63.6 Å². The van der Waals surface area contributed by atoms with Crippen LogP contribution in [0.2, 0.25) is 0 Å². The average Bonchev–Trinajstić information content (AvgIpc) is 3.83. The minimum Gasteiger partial charge on any atom is -0.494 e. The number of benzene rings is 2. The van der Waals surface area contributed by atoms with E-state index in [1.54, 1.807) is 33.0 Å². The van der Waals surface area contributed by atoms with E-state index in [9.17, 15) is 0 Å². The van der Waals surface area contributed by atoms with Crippen LogP contribution in [-0.2, 0) is 12.8 Å². The molecule has 0 aliphatic carbocycles. The van der Waals surface area contributed by atoms with Crippen molar-refractivity contribution < 1.29 is 18.9 Å². The van der Waals surface area contributed by atoms with E-state index in [0.29, 0.717) is 46.0 Å². The normalized spacial score (nSPS) is 11.0. The zero-order valence-corrected chi connectivity index (χ0v) is 27.0. The van der Waals surface area contributed by atoms with Crippen molar-refractivity contribution in [2.24, 2.45) is 10.8 Å². The highest BCUT2D eigenvalue weighted by atomic mass is 32.1. The number of amidine groups is 1. The van der Waals surface area contributed by atoms with Gasteiger partial charge >= 0.3 is 0 Å². The molecule has 5 N–H and O–H groups in total. The number of hydrogen-bond acceptors (Lipinski definition) is 13. The molecular weight excluding hydrogens is 603 g/mol. The van der Waals surface area contributed by atoms with Crippen LogP contribution in [0.5, 0.6) is 23.0 Å². The summed E-state index contributed by atoms with van der Waals surface area (Å²) >= 11 is 2.99. The molecule has 0 aliphatic rings. The quantitative estimate of drug-likeness (QED) is 0.0830. The van der Waals surface area contributed by atoms with Gasteiger partial charge < -0.3 is 30.1 Å². The zero-order chi connectivity index (χ0) is 31.6. The summed E-state index contributed by atoms with van der Waals surface area (Å²) in [6, 6.07) is 11.0. The molecule has 0 aliphatic heterocycles. The maximum Gasteiger partial charge on any atom is 0.227 e. The Morgan fingerprint density at radius 3 is 1.86 bits per heavy atom. The molecule has 5 rings (SSSR count). The second kappa shape index (κ2) is 15.1. The van der Waals surface area contributed by atoms with Crippen molar-refractivity contribution in [3.63, 3.8) is 0 Å². The zero-order valence-electron chi connectivity index (χ0n) is 25.3. The molecule has 0 unspecified atom stereocenters. The predicted molar refractivity (Wildman–Crippen MR) is 174 cm³/mol. The van der Waals surface area contributed by atoms with Crippen LogP contribution in [-0.4, -0.2) is 59.0 Å². The first kappa shape index (κ1) is 32.2. The summed E-state index contributed by atoms with van der Waals surface area (Å²) in [5.74, 6) is 9.32. The smallest absolute Gasteiger partial charge is 0.227 e. The molecule has 44 heavy (non-hydrogen) atoms. The van der Waals surface area contributed by atoms with Gasteiger partial charge in [0.25, 0.3) is 0 Å². The molecule has 232 valence electrons. The Hall–Kier alpha value is -4.73. The maximum atomic E-state index is 6.05. The number of aromatic nitrogens is 5. The molecule has 0 fully saturated rings. The Bertz CT molecular complexity index is 1670. The molecule has 0 amide bonds. The monoisotopic (exact) mass is 637 g/mol. The first-order valence-corrected chi connectivity index (χ1v) is 15.3. The van der Waals surface area contributed by atoms with Crippen LogP contribution in [0.3, 0.4) is 0 Å². The number of nitrogens with two attached hydrogens (primary N) is 2. The Balaban J connectivity index is 0.000000202. The van der Waals surface area contributed by atoms with Gasteiger partial charge in [-0.3, -0.25) is 4.57 Å². The van der Waals surface area contributed by atoms with Crippen LogP contribution < -0.4 is 35.9 Å². The van der Waals surface area contributed by atoms with Gasteiger partial charge in [0.05, 0.1) is 39.8 Å². The molecule has 15 heteroatoms. The van der Waals surface area contributed by atoms with Gasteiger partial charge in [-0.2, -0.15) is 0 Å². The van der Waals surface area contributed by atoms with Crippen LogP contribution in [0.15, 0.2) is 52.2 Å². The minimum atomic E-state index is 0.246. The number of hydrogen-bond donors (Lipinski definition) is 3. The van der Waals surface area contributed by atoms with Gasteiger partial charge in [0.1, 0.15) is 34.4 Å². The molecule has 0 bridgehead atoms. The van der Waals surface area contributed by atoms with E-state index in [0.717, 1.165) is 34.2 Å². The van der Waals surface area contributed by atoms with Crippen molar-refractivity contribution in [2.45, 2.75) is 26.7 Å². The fourth-order valence-electron chi connectivity index (χ4n) is 4.05. The van der Waals surface area contributed by atoms with Crippen LogP contribution in [0.4, 0.5) is 11.6 Å². The summed E-state index contributed by atoms with van der Waals surface area (Å²) in [6.07, 6.45) is 1.73. The summed E-state index contributed by atoms with van der Waals surface area (Å²) in [4.78, 5) is 13.6. The standard InChI is InChI=1S/C15H17N5O2S.C14H18N4O2S/c1-4-9-8-23-14(17-9)13-18-19-15(16)20(13)12-10(21-2)6-5-7-11(12)22-3;1-4-9-8-21-14(16-9)13(18-15)17-12-10(19-2)6-5-7-11(12)20-3/h5-8H,4H2,1-3H3,(H2,16,19);5-8H,4,15H2,1-3H3,(H,17,18). The molecule has 5 aromatic rings. The Morgan fingerprint density at radius 2 is 1.36 bits per heavy atom. The molecule has 2 aromatic carbocycles. The second-order valence-corrected chi connectivity index (χ2v) is 10.6. The maximum absolute atomic E-state index is 6.05. The highest BCUT2D eigenvalue weighted by molar-refractivity contribution is 7.13. The lowest BCUT2D eigenvalue weighted by Gasteiger charge is -2.15. The molecule has 0 radical (unpaired) electrons. The second-order valence-electron chi connectivity index (χ2n) is 8.84. The number of ether oxygens (including phenoxy) is 4. The van der Waals surface area contributed by atoms with Crippen LogP contribution in [0.25, 0.3) is 16.5 Å². The summed E-state index contributed by atoms with van der Waals surface area (Å²) in [6.45, 7) is 4.11. The highest BCUT2D eigenvalue weighted by Crippen LogP contribution is 2.38. The van der Waals surface area contributed by atoms with Crippen LogP contribution in [0.1, 0.15) is 30.2 Å². The lowest BCUT2D eigenvalue weighted by Crippen LogP contribution is -2.30. The number of anilines is 1. The largest absolute Gasteiger partial charge is 0.494 e. The number of nitrogens with zero attached hydrogens (tertiary/aromatic N) is 6. The van der Waals surface area contributed by atoms with Crippen molar-refractivity contribution in [1.82, 2.24) is 30.2 Å². The van der Waals surface area contributed by atoms with E-state index in [-0.39, 0.29) is 5.95 Å². The number of aliphatic imine (C=N–C) groups is 1. The Kier molecular flexibility index (Phi) is 11.1. The first-order chi connectivity index (χ1) is 21.4. The summed E-state index contributed by atoms with van der Waals surface area (Å²) in [5.41, 5.74) is 11.9. The Morgan fingerprint density at radius 1 is 0.818 bits per heavy atom. The van der Waals surface area contributed by atoms with E-state index in [4.69, 9.17) is 30.5 Å². The molecule has 3 aromatic heterocycles. The van der Waals surface area contributed by atoms with Gasteiger partial charge in [-0.1, -0.05) is 26.0 Å². The van der Waals surface area contributed by atoms with E-state index in [2.05, 4.69) is 44.4 Å². The number of hydrazine groups is 1. The van der Waals surface area contributed by atoms with Gasteiger partial charge in [0, 0.05) is 10.8 Å². The van der Waals surface area contributed by atoms with E-state index in [1.165, 1.54) is 22.7 Å². The fourth-order valence-corrected chi connectivity index (χ4v) is 5.78. The number of rotatable bonds is 10. The average molecular weight is 638 g/mol. The van der Waals surface area contributed by atoms with Gasteiger partial charge in [0.15, 0.2) is 21.7 Å². The highest BCUT2D eigenvalue weighted by Gasteiger charge is 2.22. The van der Waals surface area contributed by atoms with Crippen molar-refractivity contribution >= 4 is 40.1 Å². The summed E-state index contributed by atoms with van der Waals surface area (Å²) < 4.78 is 23.3. The van der Waals surface area contributed by atoms with Gasteiger partial charge in [-0.05, 0) is 37.1 Å². The third-order valence-electron chi connectivity index (χ3n) is 6.30. The molecule has 13 nitrogen and oxygen atoms in total. The SMILES string of the molecule is CCc1csc(-c2nnc(N)n2-c2c(OC)cccc2OC)n1.CCc1csc(C(=Nc2c(OC)cccc2OC)NN)n1. The number of nitrogens with one attached hydrogen (secondary N) is 1. The number of methoxy groups -OCH3 is 4. The number of para-hydroxylation sites is 2. The summed E-state index contributed by atoms with van der Waals surface area (Å²) in [7, 11) is 6.36. The summed E-state index contributed by atoms with van der Waals surface area (Å²) in [5, 5.41) is 13.7. The number of nitrogen functional groups attached to an aromatic ring is 1. The topological polar surface area (TPSA) is 170 Å². The third-order valence-corrected chi connectivity index (χ3v) is 8.08. The van der Waals surface area contributed by atoms with Gasteiger partial charge in [-0.25, -0.2) is 20.8 Å². The first-order valence-electron chi connectivity index (χ1n) is 13.5. The van der Waals surface area contributed by atoms with Crippen molar-refractivity contribution in [2.75, 3.05) is 34.2 Å². The number of aryl methyl sites for hydroxylation is 2. The lowest BCUT2D eigenvalue weighted by molar-refractivity contribution is 0.391. The van der Waals surface area contributed by atoms with E-state index in [1.807, 2.05) is 47.2 Å². The lowest BCUT2D eigenvalue weighted by atomic mass is 10.2. The van der Waals surface area contributed by atoms with Gasteiger partial charge in [-0.15, -0.1) is 32.9 Å². The van der Waals surface area contributed by atoms with E-state index >= 15 is 0 Å². The van der Waals surface area contributed by atoms with Gasteiger partial charge in [0.2, 0.25) is 5.95 Å². The number of thiazole rings is 2. The molecule has 3 heterocycles. The molecule has 0 saturated heterocycles. The molecular formula is C29H35N9O4S2. The molecule has 0 atom stereocenters. The Labute approximate surface area is 263 Å². The fraction of sp³-hybridized carbons (Fsp3) is 0.276. The molecule has 0 saturated carbocycles. The third kappa shape index (κ3) is 6.90. The van der Waals surface area contributed by atoms with Crippen LogP contribution >= 0.6 is 22.7 Å². The van der Waals surface area contributed by atoms with Crippen molar-refractivity contribution in [1.29, 1.82) is 0 Å². The van der Waals surface area contributed by atoms with Crippen molar-refractivity contribution in [3.8, 4) is 39.5 Å². The minimum absolute atomic E-state index is 0.246.